The van der Waals surface area contributed by atoms with Gasteiger partial charge in [0.15, 0.2) is 0 Å². The predicted molar refractivity (Wildman–Crippen MR) is 161 cm³/mol. The number of piperidine rings is 1. The van der Waals surface area contributed by atoms with Crippen LogP contribution in [-0.4, -0.2) is 71.8 Å². The van der Waals surface area contributed by atoms with Gasteiger partial charge in [0.25, 0.3) is 5.91 Å². The predicted octanol–water partition coefficient (Wildman–Crippen LogP) is 3.13. The summed E-state index contributed by atoms with van der Waals surface area (Å²) < 4.78 is 67.8. The first-order chi connectivity index (χ1) is 21.2. The highest BCUT2D eigenvalue weighted by Crippen LogP contribution is 2.43. The van der Waals surface area contributed by atoms with Gasteiger partial charge < -0.3 is 20.6 Å². The maximum atomic E-state index is 13.4. The second-order valence-electron chi connectivity index (χ2n) is 12.5. The summed E-state index contributed by atoms with van der Waals surface area (Å²) in [6, 6.07) is 8.36. The summed E-state index contributed by atoms with van der Waals surface area (Å²) in [6.07, 6.45) is -2.08. The van der Waals surface area contributed by atoms with Gasteiger partial charge in [-0.2, -0.15) is 13.2 Å². The average Bonchev–Trinajstić information content (AvgIpc) is 3.65. The highest BCUT2D eigenvalue weighted by Gasteiger charge is 2.54. The molecule has 1 saturated carbocycles. The SMILES string of the molecule is Cc1cc(N2C(O)NC(=O)C23CCCC3)cc(C)c1CCS(=O)(=O)N1CCC2(CC1)N=C(c1cccc(C(F)(F)F)c1)NC2=O. The minimum Gasteiger partial charge on any atom is -0.356 e. The smallest absolute Gasteiger partial charge is 0.356 e. The zero-order chi connectivity index (χ0) is 32.4. The molecular formula is C31H36F3N5O5S. The lowest BCUT2D eigenvalue weighted by atomic mass is 9.89. The van der Waals surface area contributed by atoms with Crippen molar-refractivity contribution >= 4 is 33.4 Å². The van der Waals surface area contributed by atoms with Gasteiger partial charge in [0, 0.05) is 24.3 Å². The molecule has 3 fully saturated rings. The molecule has 3 N–H and O–H groups in total. The molecule has 2 aromatic carbocycles. The van der Waals surface area contributed by atoms with Gasteiger partial charge in [-0.05, 0) is 86.9 Å². The van der Waals surface area contributed by atoms with E-state index in [0.29, 0.717) is 18.5 Å². The molecule has 1 atom stereocenters. The van der Waals surface area contributed by atoms with Gasteiger partial charge in [0.1, 0.15) is 16.9 Å². The molecule has 3 heterocycles. The molecule has 14 heteroatoms. The summed E-state index contributed by atoms with van der Waals surface area (Å²) >= 11 is 0. The third-order valence-corrected chi connectivity index (χ3v) is 11.6. The number of aliphatic imine (C=N–C) groups is 1. The molecule has 242 valence electrons. The van der Waals surface area contributed by atoms with Crippen LogP contribution in [0.4, 0.5) is 18.9 Å². The van der Waals surface area contributed by atoms with Crippen LogP contribution in [0.2, 0.25) is 0 Å². The molecule has 2 amide bonds. The number of anilines is 1. The van der Waals surface area contributed by atoms with E-state index >= 15 is 0 Å². The Bertz CT molecular complexity index is 1660. The lowest BCUT2D eigenvalue weighted by Crippen LogP contribution is -2.50. The molecule has 6 rings (SSSR count). The summed E-state index contributed by atoms with van der Waals surface area (Å²) in [6.45, 7) is 3.89. The maximum absolute atomic E-state index is 13.4. The van der Waals surface area contributed by atoms with Crippen molar-refractivity contribution in [2.24, 2.45) is 4.99 Å². The number of amidine groups is 1. The number of hydrogen-bond donors (Lipinski definition) is 3. The van der Waals surface area contributed by atoms with Crippen LogP contribution in [0.1, 0.15) is 66.3 Å². The number of nitrogens with zero attached hydrogens (tertiary/aromatic N) is 3. The van der Waals surface area contributed by atoms with Gasteiger partial charge in [0.2, 0.25) is 22.3 Å². The number of aryl methyl sites for hydroxylation is 2. The van der Waals surface area contributed by atoms with E-state index < -0.39 is 45.1 Å². The maximum Gasteiger partial charge on any atom is 0.416 e. The number of halogens is 3. The van der Waals surface area contributed by atoms with Gasteiger partial charge in [-0.15, -0.1) is 0 Å². The molecule has 10 nitrogen and oxygen atoms in total. The second-order valence-corrected chi connectivity index (χ2v) is 14.6. The van der Waals surface area contributed by atoms with E-state index in [1.165, 1.54) is 16.4 Å². The van der Waals surface area contributed by atoms with Crippen molar-refractivity contribution in [2.45, 2.75) is 82.4 Å². The normalized spacial score (nSPS) is 23.1. The van der Waals surface area contributed by atoms with Crippen LogP contribution in [0.15, 0.2) is 41.4 Å². The first-order valence-corrected chi connectivity index (χ1v) is 16.7. The highest BCUT2D eigenvalue weighted by atomic mass is 32.2. The van der Waals surface area contributed by atoms with Gasteiger partial charge in [0.05, 0.1) is 11.3 Å². The van der Waals surface area contributed by atoms with E-state index in [9.17, 15) is 36.3 Å². The molecule has 1 aliphatic carbocycles. The van der Waals surface area contributed by atoms with E-state index in [1.807, 2.05) is 26.0 Å². The Kier molecular flexibility index (Phi) is 7.76. The zero-order valence-corrected chi connectivity index (χ0v) is 25.9. The lowest BCUT2D eigenvalue weighted by molar-refractivity contribution is -0.137. The van der Waals surface area contributed by atoms with Crippen molar-refractivity contribution < 1.29 is 36.3 Å². The van der Waals surface area contributed by atoms with Crippen LogP contribution in [0.25, 0.3) is 0 Å². The lowest BCUT2D eigenvalue weighted by Gasteiger charge is -2.36. The molecule has 2 spiro atoms. The van der Waals surface area contributed by atoms with Gasteiger partial charge >= 0.3 is 6.18 Å². The Morgan fingerprint density at radius 3 is 2.27 bits per heavy atom. The number of hydrogen-bond acceptors (Lipinski definition) is 7. The molecular weight excluding hydrogens is 611 g/mol. The van der Waals surface area contributed by atoms with E-state index in [4.69, 9.17) is 0 Å². The Morgan fingerprint density at radius 2 is 1.64 bits per heavy atom. The van der Waals surface area contributed by atoms with Crippen molar-refractivity contribution in [1.29, 1.82) is 0 Å². The molecule has 45 heavy (non-hydrogen) atoms. The number of alkyl halides is 3. The van der Waals surface area contributed by atoms with Crippen molar-refractivity contribution in [2.75, 3.05) is 23.7 Å². The number of aliphatic hydroxyl groups excluding tert-OH is 1. The minimum absolute atomic E-state index is 0.0530. The number of nitrogens with one attached hydrogen (secondary N) is 2. The Hall–Kier alpha value is -3.49. The van der Waals surface area contributed by atoms with E-state index in [0.717, 1.165) is 41.7 Å². The molecule has 2 saturated heterocycles. The van der Waals surface area contributed by atoms with Crippen molar-refractivity contribution in [3.63, 3.8) is 0 Å². The van der Waals surface area contributed by atoms with Gasteiger partial charge in [-0.1, -0.05) is 25.0 Å². The first kappa shape index (κ1) is 31.5. The molecule has 0 radical (unpaired) electrons. The summed E-state index contributed by atoms with van der Waals surface area (Å²) in [5, 5.41) is 15.9. The number of benzene rings is 2. The van der Waals surface area contributed by atoms with Crippen LogP contribution in [0, 0.1) is 13.8 Å². The number of rotatable bonds is 6. The Balaban J connectivity index is 1.13. The summed E-state index contributed by atoms with van der Waals surface area (Å²) in [5.41, 5.74) is 0.586. The quantitative estimate of drug-likeness (QED) is 0.442. The Labute approximate surface area is 259 Å². The first-order valence-electron chi connectivity index (χ1n) is 15.1. The molecule has 0 bridgehead atoms. The van der Waals surface area contributed by atoms with Crippen molar-refractivity contribution in [3.05, 3.63) is 64.2 Å². The molecule has 1 unspecified atom stereocenters. The standard InChI is InChI=1S/C31H36F3N5O5S/c1-19-16-23(39-28(42)36-27(41)30(39)9-3-4-10-30)17-20(2)24(19)8-15-45(43,44)38-13-11-29(12-14-38)26(40)35-25(37-29)21-6-5-7-22(18-21)31(32,33)34/h5-7,16-18,28,42H,3-4,8-15H2,1-2H3,(H,36,41)(H,35,37,40). The average molecular weight is 648 g/mol. The molecule has 3 aliphatic heterocycles. The number of amides is 2. The highest BCUT2D eigenvalue weighted by molar-refractivity contribution is 7.89. The third-order valence-electron chi connectivity index (χ3n) is 9.77. The van der Waals surface area contributed by atoms with E-state index in [-0.39, 0.29) is 55.4 Å². The van der Waals surface area contributed by atoms with Crippen LogP contribution in [-0.2, 0) is 32.2 Å². The molecule has 4 aliphatic rings. The fourth-order valence-corrected chi connectivity index (χ4v) is 8.77. The number of sulfonamides is 1. The number of carbonyl (C=O) groups excluding carboxylic acids is 2. The summed E-state index contributed by atoms with van der Waals surface area (Å²) in [7, 11) is -3.70. The van der Waals surface area contributed by atoms with Crippen molar-refractivity contribution in [3.8, 4) is 0 Å². The second kappa shape index (κ2) is 11.1. The molecule has 0 aromatic heterocycles. The van der Waals surface area contributed by atoms with Crippen LogP contribution in [0.3, 0.4) is 0 Å². The van der Waals surface area contributed by atoms with Gasteiger partial charge in [-0.3, -0.25) is 14.6 Å². The van der Waals surface area contributed by atoms with Crippen LogP contribution >= 0.6 is 0 Å². The van der Waals surface area contributed by atoms with Crippen molar-refractivity contribution in [1.82, 2.24) is 14.9 Å². The van der Waals surface area contributed by atoms with Crippen LogP contribution < -0.4 is 15.5 Å². The minimum atomic E-state index is -4.54. The van der Waals surface area contributed by atoms with E-state index in [2.05, 4.69) is 15.6 Å². The third kappa shape index (κ3) is 5.50. The number of carbonyl (C=O) groups is 2. The summed E-state index contributed by atoms with van der Waals surface area (Å²) in [5.74, 6) is -0.716. The number of aliphatic hydroxyl groups is 1. The fraction of sp³-hybridized carbons (Fsp3) is 0.516. The molecule has 2 aromatic rings. The topological polar surface area (TPSA) is 131 Å². The van der Waals surface area contributed by atoms with E-state index in [1.54, 1.807) is 4.90 Å². The Morgan fingerprint density at radius 1 is 1.00 bits per heavy atom. The monoisotopic (exact) mass is 647 g/mol. The largest absolute Gasteiger partial charge is 0.416 e. The fourth-order valence-electron chi connectivity index (χ4n) is 7.31. The zero-order valence-electron chi connectivity index (χ0n) is 25.1. The van der Waals surface area contributed by atoms with Crippen LogP contribution in [0.5, 0.6) is 0 Å². The van der Waals surface area contributed by atoms with Gasteiger partial charge in [-0.25, -0.2) is 12.7 Å². The summed E-state index contributed by atoms with van der Waals surface area (Å²) in [4.78, 5) is 32.0.